The SMILES string of the molecule is COc1cc(-c2cc(C(=O)N3CCC(C(=O)N[C@@H]4CCN(C(=O)OC(C)(C)C)C4)CC34CC4)n[nH]2)c(F)cn1. The van der Waals surface area contributed by atoms with E-state index in [2.05, 4.69) is 20.5 Å². The van der Waals surface area contributed by atoms with Gasteiger partial charge in [-0.25, -0.2) is 14.2 Å². The Labute approximate surface area is 226 Å². The Morgan fingerprint density at radius 2 is 1.95 bits per heavy atom. The van der Waals surface area contributed by atoms with Crippen LogP contribution in [0.15, 0.2) is 18.3 Å². The highest BCUT2D eigenvalue weighted by molar-refractivity contribution is 5.94. The molecule has 2 aromatic rings. The fourth-order valence-corrected chi connectivity index (χ4v) is 5.49. The van der Waals surface area contributed by atoms with E-state index in [1.807, 2.05) is 25.7 Å². The van der Waals surface area contributed by atoms with Crippen molar-refractivity contribution in [3.8, 4) is 17.1 Å². The van der Waals surface area contributed by atoms with Gasteiger partial charge in [-0.2, -0.15) is 5.10 Å². The maximum Gasteiger partial charge on any atom is 0.410 e. The average Bonchev–Trinajstić information content (AvgIpc) is 3.28. The van der Waals surface area contributed by atoms with Crippen molar-refractivity contribution in [3.63, 3.8) is 0 Å². The number of pyridine rings is 1. The first-order valence-corrected chi connectivity index (χ1v) is 13.3. The quantitative estimate of drug-likeness (QED) is 0.594. The molecule has 0 bridgehead atoms. The summed E-state index contributed by atoms with van der Waals surface area (Å²) in [6.45, 7) is 6.88. The molecule has 0 aromatic carbocycles. The lowest BCUT2D eigenvalue weighted by Gasteiger charge is -2.39. The fourth-order valence-electron chi connectivity index (χ4n) is 5.49. The molecule has 3 fully saturated rings. The number of nitrogens with zero attached hydrogens (tertiary/aromatic N) is 4. The van der Waals surface area contributed by atoms with Crippen LogP contribution in [0, 0.1) is 11.7 Å². The number of hydrogen-bond acceptors (Lipinski definition) is 7. The number of aromatic amines is 1. The second-order valence-corrected chi connectivity index (χ2v) is 11.7. The predicted octanol–water partition coefficient (Wildman–Crippen LogP) is 3.13. The maximum atomic E-state index is 14.4. The number of ether oxygens (including phenoxy) is 2. The van der Waals surface area contributed by atoms with Gasteiger partial charge < -0.3 is 24.6 Å². The molecule has 2 N–H and O–H groups in total. The standard InChI is InChI=1S/C27H35FN6O5/c1-26(2,3)39-25(37)33-9-6-17(15-33)30-23(35)16-5-10-34(27(13-16)7-8-27)24(36)21-12-20(31-32-21)18-11-22(38-4)29-14-19(18)28/h11-12,14,16-17H,5-10,13,15H2,1-4H3,(H,30,35)(H,31,32)/t16?,17-/m1/s1. The minimum Gasteiger partial charge on any atom is -0.481 e. The van der Waals surface area contributed by atoms with Crippen LogP contribution in [0.1, 0.15) is 63.4 Å². The number of piperidine rings is 1. The van der Waals surface area contributed by atoms with E-state index in [9.17, 15) is 18.8 Å². The molecule has 1 saturated carbocycles. The monoisotopic (exact) mass is 542 g/mol. The van der Waals surface area contributed by atoms with Crippen LogP contribution in [0.5, 0.6) is 5.88 Å². The van der Waals surface area contributed by atoms with Crippen LogP contribution in [0.4, 0.5) is 9.18 Å². The van der Waals surface area contributed by atoms with Crippen molar-refractivity contribution in [3.05, 3.63) is 29.8 Å². The van der Waals surface area contributed by atoms with E-state index in [0.29, 0.717) is 44.6 Å². The van der Waals surface area contributed by atoms with Crippen LogP contribution < -0.4 is 10.1 Å². The van der Waals surface area contributed by atoms with Crippen LogP contribution in [0.3, 0.4) is 0 Å². The number of likely N-dealkylation sites (tertiary alicyclic amines) is 2. The van der Waals surface area contributed by atoms with Crippen LogP contribution in [-0.2, 0) is 9.53 Å². The number of hydrogen-bond donors (Lipinski definition) is 2. The molecule has 3 amide bonds. The van der Waals surface area contributed by atoms with Gasteiger partial charge in [0.25, 0.3) is 5.91 Å². The van der Waals surface area contributed by atoms with E-state index < -0.39 is 11.4 Å². The number of H-pyrrole nitrogens is 1. The molecule has 2 aliphatic heterocycles. The molecule has 3 aliphatic rings. The molecule has 12 heteroatoms. The van der Waals surface area contributed by atoms with Crippen molar-refractivity contribution in [1.29, 1.82) is 0 Å². The van der Waals surface area contributed by atoms with Crippen molar-refractivity contribution in [1.82, 2.24) is 30.3 Å². The number of halogens is 1. The number of carbonyl (C=O) groups is 3. The minimum absolute atomic E-state index is 0.0337. The summed E-state index contributed by atoms with van der Waals surface area (Å²) in [6, 6.07) is 2.86. The molecule has 5 rings (SSSR count). The zero-order valence-corrected chi connectivity index (χ0v) is 22.8. The third-order valence-corrected chi connectivity index (χ3v) is 7.66. The van der Waals surface area contributed by atoms with E-state index in [1.165, 1.54) is 19.2 Å². The average molecular weight is 543 g/mol. The third kappa shape index (κ3) is 5.69. The first-order valence-electron chi connectivity index (χ1n) is 13.3. The zero-order chi connectivity index (χ0) is 27.9. The molecule has 2 saturated heterocycles. The highest BCUT2D eigenvalue weighted by atomic mass is 19.1. The Hall–Kier alpha value is -3.70. The van der Waals surface area contributed by atoms with Gasteiger partial charge >= 0.3 is 6.09 Å². The van der Waals surface area contributed by atoms with E-state index in [-0.39, 0.29) is 52.5 Å². The van der Waals surface area contributed by atoms with Crippen molar-refractivity contribution in [2.75, 3.05) is 26.7 Å². The topological polar surface area (TPSA) is 130 Å². The number of nitrogens with one attached hydrogen (secondary N) is 2. The largest absolute Gasteiger partial charge is 0.481 e. The molecule has 2 aromatic heterocycles. The van der Waals surface area contributed by atoms with Crippen molar-refractivity contribution < 1.29 is 28.2 Å². The van der Waals surface area contributed by atoms with Crippen LogP contribution in [-0.4, -0.2) is 86.8 Å². The lowest BCUT2D eigenvalue weighted by Crippen LogP contribution is -2.52. The van der Waals surface area contributed by atoms with Gasteiger partial charge in [-0.05, 0) is 58.9 Å². The van der Waals surface area contributed by atoms with E-state index in [1.54, 1.807) is 4.90 Å². The summed E-state index contributed by atoms with van der Waals surface area (Å²) in [5.41, 5.74) is -0.167. The summed E-state index contributed by atoms with van der Waals surface area (Å²) in [4.78, 5) is 46.2. The molecule has 1 aliphatic carbocycles. The van der Waals surface area contributed by atoms with Gasteiger partial charge in [0, 0.05) is 48.8 Å². The zero-order valence-electron chi connectivity index (χ0n) is 22.8. The molecule has 4 heterocycles. The van der Waals surface area contributed by atoms with E-state index >= 15 is 0 Å². The number of methoxy groups -OCH3 is 1. The lowest BCUT2D eigenvalue weighted by molar-refractivity contribution is -0.127. The van der Waals surface area contributed by atoms with Crippen LogP contribution >= 0.6 is 0 Å². The molecular weight excluding hydrogens is 507 g/mol. The molecule has 2 atom stereocenters. The number of rotatable bonds is 5. The van der Waals surface area contributed by atoms with Gasteiger partial charge in [0.05, 0.1) is 19.0 Å². The number of aromatic nitrogens is 3. The highest BCUT2D eigenvalue weighted by Gasteiger charge is 2.55. The molecule has 1 spiro atoms. The summed E-state index contributed by atoms with van der Waals surface area (Å²) in [6.07, 6.45) is 4.15. The number of amides is 3. The van der Waals surface area contributed by atoms with Crippen molar-refractivity contribution in [2.24, 2.45) is 5.92 Å². The normalized spacial score (nSPS) is 22.1. The Kier molecular flexibility index (Phi) is 6.98. The summed E-state index contributed by atoms with van der Waals surface area (Å²) in [7, 11) is 1.44. The van der Waals surface area contributed by atoms with Gasteiger partial charge in [-0.3, -0.25) is 14.7 Å². The molecule has 1 unspecified atom stereocenters. The lowest BCUT2D eigenvalue weighted by atomic mass is 9.87. The highest BCUT2D eigenvalue weighted by Crippen LogP contribution is 2.50. The van der Waals surface area contributed by atoms with Crippen LogP contribution in [0.2, 0.25) is 0 Å². The second kappa shape index (κ2) is 10.1. The van der Waals surface area contributed by atoms with E-state index in [4.69, 9.17) is 9.47 Å². The van der Waals surface area contributed by atoms with Crippen LogP contribution in [0.25, 0.3) is 11.3 Å². The Balaban J connectivity index is 1.19. The van der Waals surface area contributed by atoms with Gasteiger partial charge in [-0.15, -0.1) is 0 Å². The van der Waals surface area contributed by atoms with Crippen molar-refractivity contribution in [2.45, 2.75) is 70.1 Å². The fraction of sp³-hybridized carbons (Fsp3) is 0.593. The molecule has 210 valence electrons. The predicted molar refractivity (Wildman–Crippen MR) is 138 cm³/mol. The van der Waals surface area contributed by atoms with Crippen molar-refractivity contribution >= 4 is 17.9 Å². The van der Waals surface area contributed by atoms with E-state index in [0.717, 1.165) is 19.0 Å². The third-order valence-electron chi connectivity index (χ3n) is 7.66. The smallest absolute Gasteiger partial charge is 0.410 e. The molecule has 39 heavy (non-hydrogen) atoms. The Morgan fingerprint density at radius 1 is 1.18 bits per heavy atom. The Morgan fingerprint density at radius 3 is 2.64 bits per heavy atom. The Bertz CT molecular complexity index is 1270. The molecule has 0 radical (unpaired) electrons. The first kappa shape index (κ1) is 26.9. The summed E-state index contributed by atoms with van der Waals surface area (Å²) in [5.74, 6) is -0.783. The number of carbonyl (C=O) groups excluding carboxylic acids is 3. The van der Waals surface area contributed by atoms with Gasteiger partial charge in [0.1, 0.15) is 5.60 Å². The van der Waals surface area contributed by atoms with Gasteiger partial charge in [-0.1, -0.05) is 0 Å². The maximum absolute atomic E-state index is 14.4. The molecular formula is C27H35FN6O5. The summed E-state index contributed by atoms with van der Waals surface area (Å²) in [5, 5.41) is 10.0. The van der Waals surface area contributed by atoms with Gasteiger partial charge in [0.15, 0.2) is 11.5 Å². The first-order chi connectivity index (χ1) is 18.5. The van der Waals surface area contributed by atoms with Gasteiger partial charge in [0.2, 0.25) is 11.8 Å². The second-order valence-electron chi connectivity index (χ2n) is 11.7. The molecule has 11 nitrogen and oxygen atoms in total. The summed E-state index contributed by atoms with van der Waals surface area (Å²) >= 11 is 0. The minimum atomic E-state index is -0.567. The summed E-state index contributed by atoms with van der Waals surface area (Å²) < 4.78 is 24.9.